The number of rotatable bonds is 6. The van der Waals surface area contributed by atoms with Gasteiger partial charge in [0, 0.05) is 46.0 Å². The van der Waals surface area contributed by atoms with Gasteiger partial charge in [-0.05, 0) is 41.8 Å². The summed E-state index contributed by atoms with van der Waals surface area (Å²) in [6, 6.07) is 18.8. The van der Waals surface area contributed by atoms with Gasteiger partial charge < -0.3 is 14.7 Å². The van der Waals surface area contributed by atoms with E-state index in [2.05, 4.69) is 0 Å². The Kier molecular flexibility index (Phi) is 8.35. The van der Waals surface area contributed by atoms with E-state index in [4.69, 9.17) is 27.9 Å². The molecule has 0 saturated heterocycles. The van der Waals surface area contributed by atoms with Crippen molar-refractivity contribution in [1.29, 1.82) is 0 Å². The molecule has 9 heteroatoms. The molecular formula is C30H30Cl2N2O5. The molecule has 1 aliphatic rings. The van der Waals surface area contributed by atoms with Gasteiger partial charge in [-0.1, -0.05) is 80.4 Å². The fraction of sp³-hybridized carbons (Fsp3) is 0.300. The van der Waals surface area contributed by atoms with Crippen LogP contribution in [-0.2, 0) is 19.1 Å². The largest absolute Gasteiger partial charge is 0.480 e. The summed E-state index contributed by atoms with van der Waals surface area (Å²) in [6.07, 6.45) is -2.53. The van der Waals surface area contributed by atoms with Gasteiger partial charge in [-0.3, -0.25) is 14.5 Å². The molecule has 0 saturated carbocycles. The Morgan fingerprint density at radius 3 is 2.23 bits per heavy atom. The second kappa shape index (κ2) is 11.4. The van der Waals surface area contributed by atoms with Crippen molar-refractivity contribution in [1.82, 2.24) is 0 Å². The summed E-state index contributed by atoms with van der Waals surface area (Å²) in [5, 5.41) is 11.3. The Bertz CT molecular complexity index is 1390. The number of amides is 2. The molecule has 3 aromatic carbocycles. The predicted octanol–water partition coefficient (Wildman–Crippen LogP) is 6.37. The van der Waals surface area contributed by atoms with E-state index >= 15 is 0 Å². The molecule has 1 heterocycles. The molecule has 3 atom stereocenters. The van der Waals surface area contributed by atoms with E-state index in [1.807, 2.05) is 20.8 Å². The molecule has 3 aromatic rings. The van der Waals surface area contributed by atoms with Crippen molar-refractivity contribution in [2.24, 2.45) is 5.41 Å². The van der Waals surface area contributed by atoms with Crippen LogP contribution >= 0.6 is 23.2 Å². The van der Waals surface area contributed by atoms with Crippen LogP contribution < -0.4 is 9.80 Å². The SMILES string of the molecule is CC(=O)N(c1ccccc1)C(C(=O)O)C1OC(c2ccccc2Cl)c2cc(Cl)ccc2N(CC(C)(C)C)C1=O. The van der Waals surface area contributed by atoms with Gasteiger partial charge in [0.1, 0.15) is 6.10 Å². The first-order valence-electron chi connectivity index (χ1n) is 12.5. The molecule has 3 unspecified atom stereocenters. The molecule has 39 heavy (non-hydrogen) atoms. The molecule has 2 amide bonds. The summed E-state index contributed by atoms with van der Waals surface area (Å²) in [6.45, 7) is 7.44. The average molecular weight is 569 g/mol. The van der Waals surface area contributed by atoms with Crippen LogP contribution in [0.3, 0.4) is 0 Å². The van der Waals surface area contributed by atoms with E-state index in [1.165, 1.54) is 11.8 Å². The van der Waals surface area contributed by atoms with Crippen LogP contribution in [-0.4, -0.2) is 41.6 Å². The van der Waals surface area contributed by atoms with Gasteiger partial charge in [-0.15, -0.1) is 0 Å². The molecular weight excluding hydrogens is 539 g/mol. The maximum absolute atomic E-state index is 14.4. The number of anilines is 2. The summed E-state index contributed by atoms with van der Waals surface area (Å²) < 4.78 is 6.48. The van der Waals surface area contributed by atoms with E-state index in [0.29, 0.717) is 32.5 Å². The smallest absolute Gasteiger partial charge is 0.330 e. The second-order valence-corrected chi connectivity index (χ2v) is 11.5. The van der Waals surface area contributed by atoms with Gasteiger partial charge in [-0.25, -0.2) is 4.79 Å². The summed E-state index contributed by atoms with van der Waals surface area (Å²) >= 11 is 13.0. The number of hydrogen-bond acceptors (Lipinski definition) is 4. The molecule has 0 aliphatic carbocycles. The molecule has 1 aliphatic heterocycles. The molecule has 0 fully saturated rings. The third-order valence-electron chi connectivity index (χ3n) is 6.37. The first-order valence-corrected chi connectivity index (χ1v) is 13.2. The van der Waals surface area contributed by atoms with Crippen LogP contribution in [0.4, 0.5) is 11.4 Å². The highest BCUT2D eigenvalue weighted by Crippen LogP contribution is 2.43. The summed E-state index contributed by atoms with van der Waals surface area (Å²) in [5.74, 6) is -2.52. The van der Waals surface area contributed by atoms with Crippen molar-refractivity contribution >= 4 is 52.4 Å². The molecule has 0 radical (unpaired) electrons. The van der Waals surface area contributed by atoms with E-state index < -0.39 is 36.0 Å². The Morgan fingerprint density at radius 1 is 1.00 bits per heavy atom. The second-order valence-electron chi connectivity index (χ2n) is 10.7. The molecule has 204 valence electrons. The van der Waals surface area contributed by atoms with Gasteiger partial charge in [0.2, 0.25) is 5.91 Å². The third kappa shape index (κ3) is 6.11. The minimum atomic E-state index is -1.67. The van der Waals surface area contributed by atoms with Crippen LogP contribution in [0.25, 0.3) is 0 Å². The lowest BCUT2D eigenvalue weighted by molar-refractivity contribution is -0.151. The molecule has 7 nitrogen and oxygen atoms in total. The lowest BCUT2D eigenvalue weighted by atomic mass is 9.94. The topological polar surface area (TPSA) is 87.2 Å². The van der Waals surface area contributed by atoms with Crippen molar-refractivity contribution in [3.05, 3.63) is 94.0 Å². The number of ether oxygens (including phenoxy) is 1. The maximum atomic E-state index is 14.4. The zero-order chi connectivity index (χ0) is 28.5. The number of carboxylic acids is 1. The zero-order valence-corrected chi connectivity index (χ0v) is 23.6. The fourth-order valence-electron chi connectivity index (χ4n) is 4.81. The maximum Gasteiger partial charge on any atom is 0.330 e. The van der Waals surface area contributed by atoms with Crippen molar-refractivity contribution in [2.45, 2.75) is 45.9 Å². The minimum Gasteiger partial charge on any atom is -0.480 e. The number of carboxylic acid groups (broad SMARTS) is 1. The van der Waals surface area contributed by atoms with E-state index in [-0.39, 0.29) is 12.0 Å². The number of fused-ring (bicyclic) bond motifs is 1. The van der Waals surface area contributed by atoms with Crippen LogP contribution in [0.1, 0.15) is 44.9 Å². The normalized spacial score (nSPS) is 18.2. The number of aliphatic carboxylic acids is 1. The number of para-hydroxylation sites is 1. The number of carbonyl (C=O) groups excluding carboxylic acids is 2. The van der Waals surface area contributed by atoms with Crippen LogP contribution in [0.5, 0.6) is 0 Å². The standard InChI is InChI=1S/C30H30Cl2N2O5/c1-18(35)34(20-10-6-5-7-11-20)25(29(37)38)27-28(36)33(17-30(2,3)4)24-15-14-19(31)16-22(24)26(39-27)21-12-8-9-13-23(21)32/h5-16,25-27H,17H2,1-4H3,(H,37,38). The number of benzene rings is 3. The molecule has 4 rings (SSSR count). The van der Waals surface area contributed by atoms with E-state index in [1.54, 1.807) is 72.8 Å². The number of nitrogens with zero attached hydrogens (tertiary/aromatic N) is 2. The average Bonchev–Trinajstić information content (AvgIpc) is 2.97. The van der Waals surface area contributed by atoms with E-state index in [0.717, 1.165) is 4.90 Å². The number of hydrogen-bond donors (Lipinski definition) is 1. The Hall–Kier alpha value is -3.39. The highest BCUT2D eigenvalue weighted by molar-refractivity contribution is 6.31. The van der Waals surface area contributed by atoms with Gasteiger partial charge in [0.15, 0.2) is 12.1 Å². The molecule has 0 spiro atoms. The lowest BCUT2D eigenvalue weighted by Gasteiger charge is -2.36. The molecule has 0 bridgehead atoms. The zero-order valence-electron chi connectivity index (χ0n) is 22.1. The van der Waals surface area contributed by atoms with Gasteiger partial charge in [0.25, 0.3) is 5.91 Å². The number of halogens is 2. The van der Waals surface area contributed by atoms with Gasteiger partial charge in [-0.2, -0.15) is 0 Å². The Labute approximate surface area is 237 Å². The van der Waals surface area contributed by atoms with Crippen LogP contribution in [0.15, 0.2) is 72.8 Å². The minimum absolute atomic E-state index is 0.257. The van der Waals surface area contributed by atoms with Gasteiger partial charge in [0.05, 0.1) is 0 Å². The van der Waals surface area contributed by atoms with Crippen molar-refractivity contribution < 1.29 is 24.2 Å². The van der Waals surface area contributed by atoms with Crippen molar-refractivity contribution in [2.75, 3.05) is 16.3 Å². The monoisotopic (exact) mass is 568 g/mol. The molecule has 0 aromatic heterocycles. The van der Waals surface area contributed by atoms with Crippen LogP contribution in [0, 0.1) is 5.41 Å². The van der Waals surface area contributed by atoms with Crippen molar-refractivity contribution in [3.8, 4) is 0 Å². The highest BCUT2D eigenvalue weighted by Gasteiger charge is 2.48. The Morgan fingerprint density at radius 2 is 1.64 bits per heavy atom. The lowest BCUT2D eigenvalue weighted by Crippen LogP contribution is -2.58. The summed E-state index contributed by atoms with van der Waals surface area (Å²) in [4.78, 5) is 42.9. The fourth-order valence-corrected chi connectivity index (χ4v) is 5.22. The highest BCUT2D eigenvalue weighted by atomic mass is 35.5. The van der Waals surface area contributed by atoms with Crippen LogP contribution in [0.2, 0.25) is 10.0 Å². The first-order chi connectivity index (χ1) is 18.4. The summed E-state index contributed by atoms with van der Waals surface area (Å²) in [5.41, 5.74) is 1.60. The van der Waals surface area contributed by atoms with E-state index in [9.17, 15) is 19.5 Å². The predicted molar refractivity (Wildman–Crippen MR) is 152 cm³/mol. The van der Waals surface area contributed by atoms with Gasteiger partial charge >= 0.3 is 5.97 Å². The number of carbonyl (C=O) groups is 3. The summed E-state index contributed by atoms with van der Waals surface area (Å²) in [7, 11) is 0. The van der Waals surface area contributed by atoms with Crippen molar-refractivity contribution in [3.63, 3.8) is 0 Å². The first kappa shape index (κ1) is 28.6. The quantitative estimate of drug-likeness (QED) is 0.373. The Balaban J connectivity index is 1.98. The third-order valence-corrected chi connectivity index (χ3v) is 6.95. The molecule has 1 N–H and O–H groups in total.